The van der Waals surface area contributed by atoms with Crippen LogP contribution >= 0.6 is 50.4 Å². The highest BCUT2D eigenvalue weighted by Crippen LogP contribution is 2.39. The van der Waals surface area contributed by atoms with Gasteiger partial charge in [0.05, 0.1) is 21.7 Å². The van der Waals surface area contributed by atoms with Crippen molar-refractivity contribution in [2.45, 2.75) is 4.34 Å². The third-order valence-corrected chi connectivity index (χ3v) is 8.15. The van der Waals surface area contributed by atoms with Crippen LogP contribution < -0.4 is 5.32 Å². The van der Waals surface area contributed by atoms with Crippen molar-refractivity contribution in [2.75, 3.05) is 11.1 Å². The van der Waals surface area contributed by atoms with E-state index in [-0.39, 0.29) is 11.7 Å². The van der Waals surface area contributed by atoms with Crippen LogP contribution in [0.4, 0.5) is 15.8 Å². The van der Waals surface area contributed by atoms with Crippen molar-refractivity contribution < 1.29 is 4.79 Å². The Morgan fingerprint density at radius 1 is 0.912 bits per heavy atom. The van der Waals surface area contributed by atoms with Gasteiger partial charge in [0.1, 0.15) is 5.69 Å². The minimum absolute atomic E-state index is 0.144. The molecule has 0 aliphatic heterocycles. The number of para-hydroxylation sites is 1. The summed E-state index contributed by atoms with van der Waals surface area (Å²) in [6, 6.07) is 25.3. The Labute approximate surface area is 216 Å². The van der Waals surface area contributed by atoms with Gasteiger partial charge in [-0.05, 0) is 36.4 Å². The number of azo groups is 1. The van der Waals surface area contributed by atoms with Crippen LogP contribution in [0.5, 0.6) is 0 Å². The Morgan fingerprint density at radius 3 is 2.47 bits per heavy atom. The van der Waals surface area contributed by atoms with Crippen LogP contribution in [0.15, 0.2) is 97.9 Å². The zero-order chi connectivity index (χ0) is 23.3. The number of hydrogen-bond acceptors (Lipinski definition) is 8. The number of thioether (sulfide) groups is 1. The highest BCUT2D eigenvalue weighted by atomic mass is 79.9. The van der Waals surface area contributed by atoms with Crippen molar-refractivity contribution in [3.63, 3.8) is 0 Å². The lowest BCUT2D eigenvalue weighted by atomic mass is 10.2. The lowest BCUT2D eigenvalue weighted by Crippen LogP contribution is -2.13. The number of aromatic nitrogens is 2. The SMILES string of the molecule is O=C(CSc1nc2ccccc2s1)Nc1nc(-c2ccccc2)c(N=Nc2ccc(Br)cc2)s1. The van der Waals surface area contributed by atoms with Gasteiger partial charge in [-0.2, -0.15) is 0 Å². The lowest BCUT2D eigenvalue weighted by Gasteiger charge is -1.99. The van der Waals surface area contributed by atoms with E-state index in [9.17, 15) is 4.79 Å². The topological polar surface area (TPSA) is 79.6 Å². The fourth-order valence-corrected chi connectivity index (χ4v) is 5.98. The van der Waals surface area contributed by atoms with Gasteiger partial charge in [0.2, 0.25) is 5.91 Å². The number of carbonyl (C=O) groups excluding carboxylic acids is 1. The number of carbonyl (C=O) groups is 1. The fourth-order valence-electron chi connectivity index (χ4n) is 3.02. The van der Waals surface area contributed by atoms with Crippen molar-refractivity contribution in [1.29, 1.82) is 0 Å². The van der Waals surface area contributed by atoms with Crippen LogP contribution in [0.3, 0.4) is 0 Å². The number of rotatable bonds is 7. The molecule has 1 amide bonds. The van der Waals surface area contributed by atoms with E-state index in [1.807, 2.05) is 78.9 Å². The number of thiazole rings is 2. The summed E-state index contributed by atoms with van der Waals surface area (Å²) in [5.74, 6) is 0.101. The summed E-state index contributed by atoms with van der Waals surface area (Å²) in [5.41, 5.74) is 3.27. The van der Waals surface area contributed by atoms with E-state index in [2.05, 4.69) is 41.4 Å². The Bertz CT molecular complexity index is 1430. The largest absolute Gasteiger partial charge is 0.301 e. The molecule has 5 aromatic rings. The molecule has 0 spiro atoms. The first-order chi connectivity index (χ1) is 16.6. The molecule has 0 aliphatic rings. The summed E-state index contributed by atoms with van der Waals surface area (Å²) in [5, 5.41) is 12.8. The summed E-state index contributed by atoms with van der Waals surface area (Å²) in [4.78, 5) is 21.8. The molecule has 0 saturated heterocycles. The van der Waals surface area contributed by atoms with Gasteiger partial charge in [-0.25, -0.2) is 9.97 Å². The van der Waals surface area contributed by atoms with Crippen molar-refractivity contribution in [3.8, 4) is 11.3 Å². The molecule has 0 atom stereocenters. The number of benzene rings is 3. The van der Waals surface area contributed by atoms with E-state index in [4.69, 9.17) is 0 Å². The van der Waals surface area contributed by atoms with E-state index >= 15 is 0 Å². The maximum Gasteiger partial charge on any atom is 0.236 e. The smallest absolute Gasteiger partial charge is 0.236 e. The number of amides is 1. The number of hydrogen-bond donors (Lipinski definition) is 1. The minimum Gasteiger partial charge on any atom is -0.301 e. The molecule has 5 rings (SSSR count). The summed E-state index contributed by atoms with van der Waals surface area (Å²) >= 11 is 7.72. The van der Waals surface area contributed by atoms with E-state index in [0.29, 0.717) is 15.8 Å². The summed E-state index contributed by atoms with van der Waals surface area (Å²) < 4.78 is 2.95. The third-order valence-electron chi connectivity index (χ3n) is 4.59. The third kappa shape index (κ3) is 5.58. The van der Waals surface area contributed by atoms with Crippen LogP contribution in [0.25, 0.3) is 21.5 Å². The van der Waals surface area contributed by atoms with Crippen molar-refractivity contribution in [1.82, 2.24) is 9.97 Å². The molecular formula is C24H16BrN5OS3. The van der Waals surface area contributed by atoms with Gasteiger partial charge in [-0.3, -0.25) is 4.79 Å². The number of anilines is 1. The monoisotopic (exact) mass is 565 g/mol. The summed E-state index contributed by atoms with van der Waals surface area (Å²) in [6.45, 7) is 0. The van der Waals surface area contributed by atoms with Gasteiger partial charge in [0.15, 0.2) is 14.5 Å². The summed E-state index contributed by atoms with van der Waals surface area (Å²) in [6.07, 6.45) is 0. The average Bonchev–Trinajstić information content (AvgIpc) is 3.46. The van der Waals surface area contributed by atoms with Gasteiger partial charge in [0.25, 0.3) is 0 Å². The molecular weight excluding hydrogens is 550 g/mol. The second-order valence-corrected chi connectivity index (χ2v) is 11.1. The molecule has 0 aliphatic carbocycles. The molecule has 10 heteroatoms. The number of nitrogens with one attached hydrogen (secondary N) is 1. The molecule has 0 unspecified atom stereocenters. The maximum atomic E-state index is 12.6. The van der Waals surface area contributed by atoms with E-state index in [1.54, 1.807) is 11.3 Å². The van der Waals surface area contributed by atoms with Crippen LogP contribution in [0, 0.1) is 0 Å². The van der Waals surface area contributed by atoms with Crippen LogP contribution in [-0.2, 0) is 4.79 Å². The number of fused-ring (bicyclic) bond motifs is 1. The van der Waals surface area contributed by atoms with E-state index < -0.39 is 0 Å². The van der Waals surface area contributed by atoms with Gasteiger partial charge in [-0.15, -0.1) is 21.6 Å². The molecule has 0 bridgehead atoms. The standard InChI is InChI=1S/C24H16BrN5OS3/c25-16-10-12-17(13-11-16)29-30-22-21(15-6-2-1-3-7-15)28-23(34-22)27-20(31)14-32-24-26-18-8-4-5-9-19(18)33-24/h1-13H,14H2,(H,27,28,31). The molecule has 0 radical (unpaired) electrons. The first-order valence-corrected chi connectivity index (χ1v) is 13.6. The first-order valence-electron chi connectivity index (χ1n) is 10.2. The molecule has 1 N–H and O–H groups in total. The van der Waals surface area contributed by atoms with Crippen LogP contribution in [0.1, 0.15) is 0 Å². The average molecular weight is 567 g/mol. The van der Waals surface area contributed by atoms with Gasteiger partial charge < -0.3 is 5.32 Å². The minimum atomic E-state index is -0.144. The number of nitrogens with zero attached hydrogens (tertiary/aromatic N) is 4. The fraction of sp³-hybridized carbons (Fsp3) is 0.0417. The van der Waals surface area contributed by atoms with Crippen LogP contribution in [0.2, 0.25) is 0 Å². The quantitative estimate of drug-likeness (QED) is 0.159. The second-order valence-electron chi connectivity index (χ2n) is 7.00. The van der Waals surface area contributed by atoms with Gasteiger partial charge in [-0.1, -0.05) is 81.5 Å². The first kappa shape index (κ1) is 22.9. The second kappa shape index (κ2) is 10.6. The predicted molar refractivity (Wildman–Crippen MR) is 145 cm³/mol. The van der Waals surface area contributed by atoms with Crippen molar-refractivity contribution in [3.05, 3.63) is 83.3 Å². The molecule has 34 heavy (non-hydrogen) atoms. The zero-order valence-corrected chi connectivity index (χ0v) is 21.5. The molecule has 3 aromatic carbocycles. The summed E-state index contributed by atoms with van der Waals surface area (Å²) in [7, 11) is 0. The Kier molecular flexibility index (Phi) is 7.10. The van der Waals surface area contributed by atoms with Crippen LogP contribution in [-0.4, -0.2) is 21.6 Å². The highest BCUT2D eigenvalue weighted by Gasteiger charge is 2.16. The van der Waals surface area contributed by atoms with Crippen molar-refractivity contribution in [2.24, 2.45) is 10.2 Å². The van der Waals surface area contributed by atoms with E-state index in [1.165, 1.54) is 23.1 Å². The van der Waals surface area contributed by atoms with Crippen molar-refractivity contribution >= 4 is 82.3 Å². The normalized spacial score (nSPS) is 11.3. The Balaban J connectivity index is 1.32. The zero-order valence-electron chi connectivity index (χ0n) is 17.5. The molecule has 168 valence electrons. The van der Waals surface area contributed by atoms with E-state index in [0.717, 1.165) is 30.3 Å². The Morgan fingerprint density at radius 2 is 1.68 bits per heavy atom. The van der Waals surface area contributed by atoms with Gasteiger partial charge >= 0.3 is 0 Å². The lowest BCUT2D eigenvalue weighted by molar-refractivity contribution is -0.113. The molecule has 2 aromatic heterocycles. The molecule has 0 saturated carbocycles. The highest BCUT2D eigenvalue weighted by molar-refractivity contribution is 9.10. The molecule has 0 fully saturated rings. The predicted octanol–water partition coefficient (Wildman–Crippen LogP) is 8.33. The Hall–Kier alpha value is -2.92. The maximum absolute atomic E-state index is 12.6. The number of halogens is 1. The van der Waals surface area contributed by atoms with Gasteiger partial charge in [0, 0.05) is 10.0 Å². The molecule has 6 nitrogen and oxygen atoms in total. The molecule has 2 heterocycles.